The van der Waals surface area contributed by atoms with Gasteiger partial charge in [0.15, 0.2) is 17.6 Å². The first-order chi connectivity index (χ1) is 10.2. The van der Waals surface area contributed by atoms with Crippen LogP contribution in [0.25, 0.3) is 0 Å². The van der Waals surface area contributed by atoms with Crippen molar-refractivity contribution in [2.75, 3.05) is 14.2 Å². The van der Waals surface area contributed by atoms with Crippen molar-refractivity contribution in [3.63, 3.8) is 0 Å². The number of aliphatic hydroxyl groups excluding tert-OH is 1. The molecule has 0 fully saturated rings. The van der Waals surface area contributed by atoms with Crippen molar-refractivity contribution in [3.05, 3.63) is 23.8 Å². The summed E-state index contributed by atoms with van der Waals surface area (Å²) in [6, 6.07) is 4.55. The predicted octanol–water partition coefficient (Wildman–Crippen LogP) is 1.28. The molecule has 0 heterocycles. The Kier molecular flexibility index (Phi) is 6.20. The Morgan fingerprint density at radius 2 is 1.82 bits per heavy atom. The summed E-state index contributed by atoms with van der Waals surface area (Å²) in [5, 5.41) is 9.98. The molecule has 0 bridgehead atoms. The lowest BCUT2D eigenvalue weighted by molar-refractivity contribution is -0.166. The molecule has 3 N–H and O–H groups in total. The molecule has 0 saturated heterocycles. The average Bonchev–Trinajstić information content (AvgIpc) is 2.44. The number of ether oxygens (including phenoxy) is 3. The van der Waals surface area contributed by atoms with Crippen LogP contribution in [0.15, 0.2) is 18.2 Å². The molecule has 22 heavy (non-hydrogen) atoms. The molecule has 0 saturated carbocycles. The van der Waals surface area contributed by atoms with E-state index < -0.39 is 23.7 Å². The summed E-state index contributed by atoms with van der Waals surface area (Å²) in [6.07, 6.45) is -1.08. The fraction of sp³-hybridized carbons (Fsp3) is 0.562. The van der Waals surface area contributed by atoms with Crippen LogP contribution in [-0.2, 0) is 16.0 Å². The molecular weight excluding hydrogens is 286 g/mol. The van der Waals surface area contributed by atoms with Crippen LogP contribution in [0.1, 0.15) is 26.3 Å². The summed E-state index contributed by atoms with van der Waals surface area (Å²) in [5.41, 5.74) is 6.07. The topological polar surface area (TPSA) is 91.0 Å². The molecule has 0 aromatic heterocycles. The molecule has 6 heteroatoms. The van der Waals surface area contributed by atoms with E-state index in [-0.39, 0.29) is 0 Å². The van der Waals surface area contributed by atoms with Gasteiger partial charge in [-0.25, -0.2) is 4.79 Å². The van der Waals surface area contributed by atoms with Gasteiger partial charge in [-0.15, -0.1) is 0 Å². The van der Waals surface area contributed by atoms with Crippen LogP contribution in [0.3, 0.4) is 0 Å². The van der Waals surface area contributed by atoms with Crippen LogP contribution < -0.4 is 15.2 Å². The summed E-state index contributed by atoms with van der Waals surface area (Å²) < 4.78 is 15.5. The lowest BCUT2D eigenvalue weighted by Gasteiger charge is -2.24. The standard InChI is InChI=1S/C16H25NO5/c1-16(2,3)22-15(19)14(18)11(17)8-10-6-7-12(20-4)13(9-10)21-5/h6-7,9,11,14,18H,8,17H2,1-5H3. The molecule has 0 radical (unpaired) electrons. The van der Waals surface area contributed by atoms with Crippen molar-refractivity contribution in [1.82, 2.24) is 0 Å². The highest BCUT2D eigenvalue weighted by Crippen LogP contribution is 2.28. The maximum Gasteiger partial charge on any atom is 0.337 e. The van der Waals surface area contributed by atoms with Gasteiger partial charge in [0.1, 0.15) is 5.60 Å². The number of carbonyl (C=O) groups is 1. The van der Waals surface area contributed by atoms with Gasteiger partial charge in [0, 0.05) is 6.04 Å². The number of hydrogen-bond donors (Lipinski definition) is 2. The van der Waals surface area contributed by atoms with E-state index >= 15 is 0 Å². The normalized spacial score (nSPS) is 14.1. The number of nitrogens with two attached hydrogens (primary N) is 1. The zero-order chi connectivity index (χ0) is 16.9. The number of rotatable bonds is 6. The molecule has 2 atom stereocenters. The monoisotopic (exact) mass is 311 g/mol. The Morgan fingerprint density at radius 1 is 1.23 bits per heavy atom. The highest BCUT2D eigenvalue weighted by Gasteiger charge is 2.28. The molecule has 6 nitrogen and oxygen atoms in total. The van der Waals surface area contributed by atoms with Gasteiger partial charge in [-0.1, -0.05) is 6.07 Å². The largest absolute Gasteiger partial charge is 0.493 e. The third-order valence-corrected chi connectivity index (χ3v) is 2.97. The van der Waals surface area contributed by atoms with Gasteiger partial charge in [-0.3, -0.25) is 0 Å². The Balaban J connectivity index is 2.75. The molecule has 0 aliphatic heterocycles. The average molecular weight is 311 g/mol. The third-order valence-electron chi connectivity index (χ3n) is 2.97. The number of benzene rings is 1. The van der Waals surface area contributed by atoms with E-state index in [9.17, 15) is 9.90 Å². The van der Waals surface area contributed by atoms with Gasteiger partial charge in [0.05, 0.1) is 14.2 Å². The Labute approximate surface area is 131 Å². The maximum absolute atomic E-state index is 11.8. The lowest BCUT2D eigenvalue weighted by Crippen LogP contribution is -2.45. The van der Waals surface area contributed by atoms with Crippen LogP contribution in [0.4, 0.5) is 0 Å². The second-order valence-electron chi connectivity index (χ2n) is 6.04. The van der Waals surface area contributed by atoms with Crippen molar-refractivity contribution in [2.24, 2.45) is 5.73 Å². The number of methoxy groups -OCH3 is 2. The number of aliphatic hydroxyl groups is 1. The number of carbonyl (C=O) groups excluding carboxylic acids is 1. The van der Waals surface area contributed by atoms with Crippen molar-refractivity contribution in [3.8, 4) is 11.5 Å². The minimum absolute atomic E-state index is 0.306. The van der Waals surface area contributed by atoms with Gasteiger partial charge in [-0.2, -0.15) is 0 Å². The van der Waals surface area contributed by atoms with Gasteiger partial charge in [0.25, 0.3) is 0 Å². The second kappa shape index (κ2) is 7.47. The number of hydrogen-bond acceptors (Lipinski definition) is 6. The molecular formula is C16H25NO5. The van der Waals surface area contributed by atoms with E-state index in [4.69, 9.17) is 19.9 Å². The molecule has 0 amide bonds. The quantitative estimate of drug-likeness (QED) is 0.769. The van der Waals surface area contributed by atoms with E-state index in [1.165, 1.54) is 7.11 Å². The van der Waals surface area contributed by atoms with Crippen molar-refractivity contribution in [2.45, 2.75) is 44.9 Å². The molecule has 1 rings (SSSR count). The summed E-state index contributed by atoms with van der Waals surface area (Å²) in [6.45, 7) is 5.20. The first-order valence-corrected chi connectivity index (χ1v) is 7.05. The predicted molar refractivity (Wildman–Crippen MR) is 83.1 cm³/mol. The van der Waals surface area contributed by atoms with Crippen LogP contribution in [0.5, 0.6) is 11.5 Å². The van der Waals surface area contributed by atoms with Gasteiger partial charge < -0.3 is 25.1 Å². The Bertz CT molecular complexity index is 510. The fourth-order valence-electron chi connectivity index (χ4n) is 1.93. The molecule has 0 aliphatic rings. The first kappa shape index (κ1) is 18.3. The highest BCUT2D eigenvalue weighted by molar-refractivity contribution is 5.75. The van der Waals surface area contributed by atoms with Crippen molar-refractivity contribution < 1.29 is 24.1 Å². The van der Waals surface area contributed by atoms with Crippen LogP contribution >= 0.6 is 0 Å². The zero-order valence-electron chi connectivity index (χ0n) is 13.8. The molecule has 1 aromatic rings. The van der Waals surface area contributed by atoms with E-state index in [1.54, 1.807) is 40.0 Å². The highest BCUT2D eigenvalue weighted by atomic mass is 16.6. The third kappa shape index (κ3) is 5.20. The Hall–Kier alpha value is -1.79. The minimum Gasteiger partial charge on any atom is -0.493 e. The van der Waals surface area contributed by atoms with Gasteiger partial charge in [-0.05, 0) is 44.9 Å². The Morgan fingerprint density at radius 3 is 2.32 bits per heavy atom. The van der Waals surface area contributed by atoms with Gasteiger partial charge >= 0.3 is 5.97 Å². The lowest BCUT2D eigenvalue weighted by atomic mass is 10.0. The molecule has 1 aromatic carbocycles. The second-order valence-corrected chi connectivity index (χ2v) is 6.04. The van der Waals surface area contributed by atoms with Crippen LogP contribution in [0, 0.1) is 0 Å². The fourth-order valence-corrected chi connectivity index (χ4v) is 1.93. The summed E-state index contributed by atoms with van der Waals surface area (Å²) in [7, 11) is 3.09. The van der Waals surface area contributed by atoms with E-state index in [0.29, 0.717) is 17.9 Å². The van der Waals surface area contributed by atoms with Crippen molar-refractivity contribution in [1.29, 1.82) is 0 Å². The summed E-state index contributed by atoms with van der Waals surface area (Å²) in [4.78, 5) is 11.8. The molecule has 124 valence electrons. The van der Waals surface area contributed by atoms with E-state index in [0.717, 1.165) is 5.56 Å². The minimum atomic E-state index is -1.38. The van der Waals surface area contributed by atoms with Crippen molar-refractivity contribution >= 4 is 5.97 Å². The summed E-state index contributed by atoms with van der Waals surface area (Å²) >= 11 is 0. The van der Waals surface area contributed by atoms with E-state index in [2.05, 4.69) is 0 Å². The maximum atomic E-state index is 11.8. The van der Waals surface area contributed by atoms with Crippen LogP contribution in [0.2, 0.25) is 0 Å². The molecule has 0 spiro atoms. The van der Waals surface area contributed by atoms with E-state index in [1.807, 2.05) is 6.07 Å². The number of esters is 1. The molecule has 0 aliphatic carbocycles. The van der Waals surface area contributed by atoms with Crippen LogP contribution in [-0.4, -0.2) is 43.0 Å². The SMILES string of the molecule is COc1ccc(CC(N)C(O)C(=O)OC(C)(C)C)cc1OC. The molecule has 2 unspecified atom stereocenters. The summed E-state index contributed by atoms with van der Waals surface area (Å²) in [5.74, 6) is 0.451. The van der Waals surface area contributed by atoms with Gasteiger partial charge in [0.2, 0.25) is 0 Å². The smallest absolute Gasteiger partial charge is 0.337 e. The zero-order valence-corrected chi connectivity index (χ0v) is 13.8. The first-order valence-electron chi connectivity index (χ1n) is 7.05.